The zero-order chi connectivity index (χ0) is 21.9. The average Bonchev–Trinajstić information content (AvgIpc) is 3.11. The smallest absolute Gasteiger partial charge is 0.416 e. The zero-order valence-corrected chi connectivity index (χ0v) is 19.1. The van der Waals surface area contributed by atoms with Crippen molar-refractivity contribution in [2.75, 3.05) is 24.6 Å². The van der Waals surface area contributed by atoms with Crippen LogP contribution in [0.4, 0.5) is 18.9 Å². The molecule has 0 bridgehead atoms. The maximum atomic E-state index is 13.0. The number of anilines is 1. The first kappa shape index (κ1) is 23.8. The lowest BCUT2D eigenvalue weighted by Gasteiger charge is -2.39. The molecular formula is C18H21F3IN3O3S. The molecule has 0 saturated carbocycles. The first-order chi connectivity index (χ1) is 13.6. The quantitative estimate of drug-likeness (QED) is 0.347. The van der Waals surface area contributed by atoms with Gasteiger partial charge >= 0.3 is 12.1 Å². The number of carbonyl (C=O) groups is 2. The predicted molar refractivity (Wildman–Crippen MR) is 115 cm³/mol. The zero-order valence-electron chi connectivity index (χ0n) is 16.0. The summed E-state index contributed by atoms with van der Waals surface area (Å²) in [6.07, 6.45) is -4.45. The van der Waals surface area contributed by atoms with Crippen molar-refractivity contribution in [3.05, 3.63) is 40.6 Å². The van der Waals surface area contributed by atoms with Gasteiger partial charge in [-0.25, -0.2) is 10.2 Å². The highest BCUT2D eigenvalue weighted by atomic mass is 127. The predicted octanol–water partition coefficient (Wildman–Crippen LogP) is 3.65. The number of nitrogens with zero attached hydrogens (tertiary/aromatic N) is 2. The van der Waals surface area contributed by atoms with Crippen LogP contribution in [0.5, 0.6) is 0 Å². The molecule has 1 unspecified atom stereocenters. The molecule has 1 aromatic carbocycles. The van der Waals surface area contributed by atoms with Crippen LogP contribution < -0.4 is 10.3 Å². The SMILES string of the molecule is CCOC(=O)C1=C2C(=O)N(c3ccc(C(F)(F)F)c(C)c3)CC(C)N2NC1.SI. The number of carbonyl (C=O) groups excluding carboxylic acids is 2. The van der Waals surface area contributed by atoms with Crippen LogP contribution in [0.2, 0.25) is 0 Å². The summed E-state index contributed by atoms with van der Waals surface area (Å²) in [4.78, 5) is 26.6. The van der Waals surface area contributed by atoms with Crippen LogP contribution in [0.3, 0.4) is 0 Å². The number of benzene rings is 1. The van der Waals surface area contributed by atoms with E-state index in [2.05, 4.69) is 15.2 Å². The standard InChI is InChI=1S/C18H20F3N3O3.HIS/c1-4-27-17(26)13-8-22-24-11(3)9-23(16(25)15(13)24)12-5-6-14(10(2)7-12)18(19,20)21;1-2/h5-7,11,22H,4,8-9H2,1-3H3;2H. The number of aryl methyl sites for hydroxylation is 1. The maximum Gasteiger partial charge on any atom is 0.416 e. The highest BCUT2D eigenvalue weighted by molar-refractivity contribution is 14.2. The van der Waals surface area contributed by atoms with Crippen molar-refractivity contribution in [3.8, 4) is 0 Å². The molecule has 2 heterocycles. The summed E-state index contributed by atoms with van der Waals surface area (Å²) in [5, 5.41) is 1.63. The molecule has 3 rings (SSSR count). The third kappa shape index (κ3) is 4.82. The molecule has 29 heavy (non-hydrogen) atoms. The fourth-order valence-corrected chi connectivity index (χ4v) is 3.38. The lowest BCUT2D eigenvalue weighted by molar-refractivity contribution is -0.139. The van der Waals surface area contributed by atoms with E-state index in [-0.39, 0.29) is 42.6 Å². The second kappa shape index (κ2) is 9.56. The Morgan fingerprint density at radius 2 is 2.03 bits per heavy atom. The van der Waals surface area contributed by atoms with Crippen molar-refractivity contribution in [1.82, 2.24) is 10.4 Å². The highest BCUT2D eigenvalue weighted by Gasteiger charge is 2.42. The summed E-state index contributed by atoms with van der Waals surface area (Å²) < 4.78 is 44.0. The van der Waals surface area contributed by atoms with Crippen molar-refractivity contribution >= 4 is 48.6 Å². The van der Waals surface area contributed by atoms with E-state index < -0.39 is 23.6 Å². The Morgan fingerprint density at radius 1 is 1.38 bits per heavy atom. The van der Waals surface area contributed by atoms with Crippen LogP contribution in [0, 0.1) is 6.92 Å². The summed E-state index contributed by atoms with van der Waals surface area (Å²) >= 11 is 1.84. The molecule has 0 spiro atoms. The molecule has 6 nitrogen and oxygen atoms in total. The Morgan fingerprint density at radius 3 is 2.59 bits per heavy atom. The number of amides is 1. The van der Waals surface area contributed by atoms with E-state index in [1.54, 1.807) is 11.9 Å². The normalized spacial score (nSPS) is 19.0. The van der Waals surface area contributed by atoms with Crippen LogP contribution in [0.1, 0.15) is 25.0 Å². The number of piperazine rings is 1. The van der Waals surface area contributed by atoms with Crippen molar-refractivity contribution < 1.29 is 27.5 Å². The fraction of sp³-hybridized carbons (Fsp3) is 0.444. The molecule has 2 aliphatic rings. The minimum absolute atomic E-state index is 0.0343. The topological polar surface area (TPSA) is 61.9 Å². The third-order valence-electron chi connectivity index (χ3n) is 4.64. The van der Waals surface area contributed by atoms with Crippen LogP contribution >= 0.6 is 31.0 Å². The number of nitrogens with one attached hydrogen (secondary N) is 1. The molecule has 0 radical (unpaired) electrons. The summed E-state index contributed by atoms with van der Waals surface area (Å²) in [6, 6.07) is 3.43. The van der Waals surface area contributed by atoms with Gasteiger partial charge in [0.15, 0.2) is 0 Å². The van der Waals surface area contributed by atoms with Gasteiger partial charge in [0.1, 0.15) is 5.70 Å². The number of hydrogen-bond donors (Lipinski definition) is 2. The first-order valence-electron chi connectivity index (χ1n) is 8.74. The van der Waals surface area contributed by atoms with Crippen LogP contribution in [-0.4, -0.2) is 42.6 Å². The van der Waals surface area contributed by atoms with Gasteiger partial charge in [0.25, 0.3) is 5.91 Å². The van der Waals surface area contributed by atoms with E-state index in [4.69, 9.17) is 4.74 Å². The number of halogens is 4. The summed E-state index contributed by atoms with van der Waals surface area (Å²) in [6.45, 7) is 5.52. The van der Waals surface area contributed by atoms with Gasteiger partial charge in [-0.05, 0) is 65.7 Å². The molecule has 1 aromatic rings. The Kier molecular flexibility index (Phi) is 7.85. The van der Waals surface area contributed by atoms with Crippen LogP contribution in [0.25, 0.3) is 0 Å². The molecule has 1 N–H and O–H groups in total. The van der Waals surface area contributed by atoms with Crippen molar-refractivity contribution in [2.24, 2.45) is 0 Å². The van der Waals surface area contributed by atoms with Gasteiger partial charge in [0, 0.05) is 18.8 Å². The first-order valence-corrected chi connectivity index (χ1v) is 12.0. The van der Waals surface area contributed by atoms with Gasteiger partial charge < -0.3 is 9.64 Å². The number of fused-ring (bicyclic) bond motifs is 1. The van der Waals surface area contributed by atoms with E-state index in [1.165, 1.54) is 24.0 Å². The molecule has 0 aromatic heterocycles. The van der Waals surface area contributed by atoms with Gasteiger partial charge in [-0.1, -0.05) is 0 Å². The molecule has 11 heteroatoms. The second-order valence-corrected chi connectivity index (χ2v) is 6.51. The molecule has 2 aliphatic heterocycles. The monoisotopic (exact) mass is 543 g/mol. The van der Waals surface area contributed by atoms with Crippen molar-refractivity contribution in [3.63, 3.8) is 0 Å². The van der Waals surface area contributed by atoms with E-state index in [0.29, 0.717) is 5.69 Å². The number of rotatable bonds is 3. The largest absolute Gasteiger partial charge is 0.463 e. The lowest BCUT2D eigenvalue weighted by atomic mass is 10.0. The molecule has 1 amide bonds. The minimum atomic E-state index is -4.45. The summed E-state index contributed by atoms with van der Waals surface area (Å²) in [7, 11) is 3.50. The van der Waals surface area contributed by atoms with Crippen LogP contribution in [0.15, 0.2) is 29.5 Å². The Balaban J connectivity index is 0.00000145. The van der Waals surface area contributed by atoms with Crippen molar-refractivity contribution in [1.29, 1.82) is 0 Å². The van der Waals surface area contributed by atoms with Gasteiger partial charge in [0.05, 0.1) is 23.8 Å². The molecular weight excluding hydrogens is 522 g/mol. The summed E-state index contributed by atoms with van der Waals surface area (Å²) in [5.41, 5.74) is 3.07. The van der Waals surface area contributed by atoms with Crippen molar-refractivity contribution in [2.45, 2.75) is 33.0 Å². The molecule has 1 atom stereocenters. The Hall–Kier alpha value is -1.47. The highest BCUT2D eigenvalue weighted by Crippen LogP contribution is 2.35. The maximum absolute atomic E-state index is 13.0. The van der Waals surface area contributed by atoms with Gasteiger partial charge in [-0.3, -0.25) is 9.80 Å². The van der Waals surface area contributed by atoms with Gasteiger partial charge in [-0.15, -0.1) is 9.80 Å². The fourth-order valence-electron chi connectivity index (χ4n) is 3.38. The Bertz CT molecular complexity index is 832. The van der Waals surface area contributed by atoms with Crippen LogP contribution in [-0.2, 0) is 20.5 Å². The third-order valence-corrected chi connectivity index (χ3v) is 4.64. The number of hydrogen-bond acceptors (Lipinski definition) is 6. The second-order valence-electron chi connectivity index (χ2n) is 6.51. The number of alkyl halides is 3. The number of esters is 1. The van der Waals surface area contributed by atoms with E-state index in [9.17, 15) is 22.8 Å². The Labute approximate surface area is 184 Å². The van der Waals surface area contributed by atoms with Gasteiger partial charge in [-0.2, -0.15) is 13.2 Å². The molecule has 160 valence electrons. The molecule has 1 saturated heterocycles. The minimum Gasteiger partial charge on any atom is -0.463 e. The summed E-state index contributed by atoms with van der Waals surface area (Å²) in [5.74, 6) is -1.02. The average molecular weight is 543 g/mol. The lowest BCUT2D eigenvalue weighted by Crippen LogP contribution is -2.55. The number of hydrazine groups is 1. The van der Waals surface area contributed by atoms with Gasteiger partial charge in [0.2, 0.25) is 0 Å². The van der Waals surface area contributed by atoms with E-state index >= 15 is 0 Å². The molecule has 1 fully saturated rings. The number of ether oxygens (including phenoxy) is 1. The number of thiol groups is 1. The van der Waals surface area contributed by atoms with E-state index in [0.717, 1.165) is 6.07 Å². The molecule has 0 aliphatic carbocycles. The van der Waals surface area contributed by atoms with E-state index in [1.807, 2.05) is 28.1 Å².